The standard InChI is InChI=1S/C29H33ClN4O2S/c1-6-32(7-2)23-16-10-20(11-17-23)18-24-27(35)34-26(21-12-14-22(30)15-13-21)25(19(5)31-29(34)37-24)28(36)33(8-3)9-4/h10-18,26H,6-9H2,1-5H3/b24-18+/t26-/m0/s1. The van der Waals surface area contributed by atoms with Crippen molar-refractivity contribution in [3.63, 3.8) is 0 Å². The van der Waals surface area contributed by atoms with Gasteiger partial charge in [0.15, 0.2) is 4.80 Å². The highest BCUT2D eigenvalue weighted by molar-refractivity contribution is 7.07. The van der Waals surface area contributed by atoms with Gasteiger partial charge in [0.1, 0.15) is 0 Å². The fraction of sp³-hybridized carbons (Fsp3) is 0.345. The molecule has 0 bridgehead atoms. The second-order valence-corrected chi connectivity index (χ2v) is 10.3. The van der Waals surface area contributed by atoms with Gasteiger partial charge in [-0.3, -0.25) is 14.2 Å². The molecule has 37 heavy (non-hydrogen) atoms. The lowest BCUT2D eigenvalue weighted by molar-refractivity contribution is -0.127. The number of likely N-dealkylation sites (N-methyl/N-ethyl adjacent to an activating group) is 1. The molecule has 0 N–H and O–H groups in total. The van der Waals surface area contributed by atoms with E-state index in [-0.39, 0.29) is 11.5 Å². The first kappa shape index (κ1) is 26.9. The van der Waals surface area contributed by atoms with Crippen LogP contribution in [0.25, 0.3) is 6.08 Å². The highest BCUT2D eigenvalue weighted by atomic mass is 35.5. The Kier molecular flexibility index (Phi) is 8.35. The molecule has 0 saturated heterocycles. The normalized spacial score (nSPS) is 15.4. The van der Waals surface area contributed by atoms with Gasteiger partial charge in [0.25, 0.3) is 11.5 Å². The van der Waals surface area contributed by atoms with Crippen LogP contribution in [0.2, 0.25) is 5.02 Å². The molecule has 2 heterocycles. The number of hydrogen-bond donors (Lipinski definition) is 0. The van der Waals surface area contributed by atoms with Crippen LogP contribution < -0.4 is 19.8 Å². The Morgan fingerprint density at radius 1 is 1.00 bits per heavy atom. The number of carbonyl (C=O) groups excluding carboxylic acids is 1. The average molecular weight is 537 g/mol. The minimum Gasteiger partial charge on any atom is -0.372 e. The van der Waals surface area contributed by atoms with Gasteiger partial charge in [-0.25, -0.2) is 4.99 Å². The predicted molar refractivity (Wildman–Crippen MR) is 153 cm³/mol. The Bertz CT molecular complexity index is 1480. The van der Waals surface area contributed by atoms with Gasteiger partial charge in [-0.05, 0) is 76.1 Å². The number of rotatable bonds is 8. The average Bonchev–Trinajstić information content (AvgIpc) is 3.20. The van der Waals surface area contributed by atoms with E-state index in [0.717, 1.165) is 29.9 Å². The van der Waals surface area contributed by atoms with Gasteiger partial charge in [-0.1, -0.05) is 47.2 Å². The minimum absolute atomic E-state index is 0.104. The molecule has 4 rings (SSSR count). The molecule has 1 atom stereocenters. The summed E-state index contributed by atoms with van der Waals surface area (Å²) in [6.45, 7) is 13.1. The van der Waals surface area contributed by atoms with E-state index in [1.807, 2.05) is 51.1 Å². The quantitative estimate of drug-likeness (QED) is 0.422. The maximum Gasteiger partial charge on any atom is 0.271 e. The summed E-state index contributed by atoms with van der Waals surface area (Å²) in [5.74, 6) is -0.104. The van der Waals surface area contributed by atoms with Crippen LogP contribution in [0, 0.1) is 0 Å². The number of hydrogen-bond acceptors (Lipinski definition) is 5. The summed E-state index contributed by atoms with van der Waals surface area (Å²) < 4.78 is 2.24. The van der Waals surface area contributed by atoms with E-state index in [1.54, 1.807) is 21.6 Å². The van der Waals surface area contributed by atoms with Crippen LogP contribution in [0.5, 0.6) is 0 Å². The number of aromatic nitrogens is 1. The third kappa shape index (κ3) is 5.29. The SMILES string of the molecule is CCN(CC)C(=O)C1=C(C)N=c2s/c(=C/c3ccc(N(CC)CC)cc3)c(=O)n2[C@H]1c1ccc(Cl)cc1. The van der Waals surface area contributed by atoms with Crippen molar-refractivity contribution >= 4 is 40.6 Å². The Morgan fingerprint density at radius 3 is 2.19 bits per heavy atom. The maximum atomic E-state index is 13.8. The number of benzene rings is 2. The van der Waals surface area contributed by atoms with Gasteiger partial charge in [-0.2, -0.15) is 0 Å². The largest absolute Gasteiger partial charge is 0.372 e. The van der Waals surface area contributed by atoms with Crippen LogP contribution in [0.1, 0.15) is 51.8 Å². The Hall–Kier alpha value is -3.16. The van der Waals surface area contributed by atoms with Crippen molar-refractivity contribution in [3.05, 3.63) is 95.6 Å². The van der Waals surface area contributed by atoms with Gasteiger partial charge in [0, 0.05) is 36.9 Å². The zero-order chi connectivity index (χ0) is 26.7. The molecule has 0 aliphatic carbocycles. The summed E-state index contributed by atoms with van der Waals surface area (Å²) in [5.41, 5.74) is 3.92. The van der Waals surface area contributed by atoms with Gasteiger partial charge < -0.3 is 9.80 Å². The number of nitrogens with zero attached hydrogens (tertiary/aromatic N) is 4. The molecule has 1 aromatic heterocycles. The van der Waals surface area contributed by atoms with E-state index in [2.05, 4.69) is 30.9 Å². The van der Waals surface area contributed by atoms with E-state index < -0.39 is 6.04 Å². The molecule has 1 aliphatic rings. The van der Waals surface area contributed by atoms with Crippen LogP contribution >= 0.6 is 22.9 Å². The first-order valence-electron chi connectivity index (χ1n) is 12.7. The Labute approximate surface area is 226 Å². The molecule has 0 unspecified atom stereocenters. The van der Waals surface area contributed by atoms with Gasteiger partial charge >= 0.3 is 0 Å². The van der Waals surface area contributed by atoms with Crippen molar-refractivity contribution in [1.29, 1.82) is 0 Å². The first-order chi connectivity index (χ1) is 17.8. The molecule has 0 radical (unpaired) electrons. The first-order valence-corrected chi connectivity index (χ1v) is 13.9. The molecule has 6 nitrogen and oxygen atoms in total. The number of halogens is 1. The van der Waals surface area contributed by atoms with Crippen molar-refractivity contribution in [3.8, 4) is 0 Å². The predicted octanol–water partition coefficient (Wildman–Crippen LogP) is 4.60. The van der Waals surface area contributed by atoms with E-state index in [0.29, 0.717) is 38.7 Å². The zero-order valence-corrected chi connectivity index (χ0v) is 23.6. The van der Waals surface area contributed by atoms with Crippen LogP contribution in [-0.4, -0.2) is 41.6 Å². The van der Waals surface area contributed by atoms with Crippen molar-refractivity contribution in [1.82, 2.24) is 9.47 Å². The van der Waals surface area contributed by atoms with E-state index in [4.69, 9.17) is 16.6 Å². The molecule has 0 spiro atoms. The summed E-state index contributed by atoms with van der Waals surface area (Å²) >= 11 is 7.52. The minimum atomic E-state index is -0.575. The maximum absolute atomic E-state index is 13.8. The second-order valence-electron chi connectivity index (χ2n) is 8.87. The summed E-state index contributed by atoms with van der Waals surface area (Å²) in [6.07, 6.45) is 1.90. The molecule has 0 saturated carbocycles. The van der Waals surface area contributed by atoms with Crippen LogP contribution in [-0.2, 0) is 4.79 Å². The third-order valence-electron chi connectivity index (χ3n) is 6.81. The fourth-order valence-corrected chi connectivity index (χ4v) is 5.93. The molecule has 0 fully saturated rings. The summed E-state index contributed by atoms with van der Waals surface area (Å²) in [5, 5.41) is 0.599. The monoisotopic (exact) mass is 536 g/mol. The number of anilines is 1. The third-order valence-corrected chi connectivity index (χ3v) is 8.04. The zero-order valence-electron chi connectivity index (χ0n) is 22.0. The lowest BCUT2D eigenvalue weighted by Crippen LogP contribution is -2.43. The lowest BCUT2D eigenvalue weighted by Gasteiger charge is -2.29. The number of amides is 1. The molecule has 1 aliphatic heterocycles. The molecule has 194 valence electrons. The topological polar surface area (TPSA) is 57.9 Å². The molecule has 1 amide bonds. The number of fused-ring (bicyclic) bond motifs is 1. The Balaban J connectivity index is 1.86. The lowest BCUT2D eigenvalue weighted by atomic mass is 9.94. The smallest absolute Gasteiger partial charge is 0.271 e. The van der Waals surface area contributed by atoms with E-state index in [9.17, 15) is 9.59 Å². The van der Waals surface area contributed by atoms with Gasteiger partial charge in [0.05, 0.1) is 21.8 Å². The number of thiazole rings is 1. The van der Waals surface area contributed by atoms with Crippen molar-refractivity contribution in [2.45, 2.75) is 40.7 Å². The van der Waals surface area contributed by atoms with Crippen LogP contribution in [0.4, 0.5) is 5.69 Å². The number of carbonyl (C=O) groups is 1. The van der Waals surface area contributed by atoms with Crippen molar-refractivity contribution in [2.75, 3.05) is 31.1 Å². The highest BCUT2D eigenvalue weighted by Crippen LogP contribution is 2.31. The summed E-state index contributed by atoms with van der Waals surface area (Å²) in [7, 11) is 0. The molecular formula is C29H33ClN4O2S. The summed E-state index contributed by atoms with van der Waals surface area (Å²) in [6, 6.07) is 15.0. The van der Waals surface area contributed by atoms with Crippen LogP contribution in [0.3, 0.4) is 0 Å². The molecule has 3 aromatic rings. The number of allylic oxidation sites excluding steroid dienone is 1. The highest BCUT2D eigenvalue weighted by Gasteiger charge is 2.34. The van der Waals surface area contributed by atoms with E-state index in [1.165, 1.54) is 11.3 Å². The van der Waals surface area contributed by atoms with Crippen molar-refractivity contribution in [2.24, 2.45) is 4.99 Å². The van der Waals surface area contributed by atoms with Crippen molar-refractivity contribution < 1.29 is 4.79 Å². The second kappa shape index (κ2) is 11.5. The molecule has 8 heteroatoms. The summed E-state index contributed by atoms with van der Waals surface area (Å²) in [4.78, 5) is 36.8. The van der Waals surface area contributed by atoms with E-state index >= 15 is 0 Å². The van der Waals surface area contributed by atoms with Gasteiger partial charge in [0.2, 0.25) is 0 Å². The molecular weight excluding hydrogens is 504 g/mol. The Morgan fingerprint density at radius 2 is 1.62 bits per heavy atom. The molecule has 2 aromatic carbocycles. The van der Waals surface area contributed by atoms with Crippen LogP contribution in [0.15, 0.2) is 69.6 Å². The fourth-order valence-electron chi connectivity index (χ4n) is 4.76. The van der Waals surface area contributed by atoms with Gasteiger partial charge in [-0.15, -0.1) is 0 Å².